The highest BCUT2D eigenvalue weighted by Crippen LogP contribution is 2.20. The molecule has 1 heterocycles. The van der Waals surface area contributed by atoms with Gasteiger partial charge < -0.3 is 15.0 Å². The Hall–Kier alpha value is -0.120. The van der Waals surface area contributed by atoms with Crippen molar-refractivity contribution >= 4 is 0 Å². The van der Waals surface area contributed by atoms with E-state index in [-0.39, 0.29) is 5.60 Å². The normalized spacial score (nSPS) is 24.2. The van der Waals surface area contributed by atoms with Gasteiger partial charge in [0, 0.05) is 26.2 Å². The van der Waals surface area contributed by atoms with Crippen LogP contribution in [0.15, 0.2) is 0 Å². The zero-order chi connectivity index (χ0) is 13.6. The Bertz CT molecular complexity index is 229. The summed E-state index contributed by atoms with van der Waals surface area (Å²) in [6.07, 6.45) is 3.98. The first-order chi connectivity index (χ1) is 8.48. The number of piperidine rings is 1. The summed E-state index contributed by atoms with van der Waals surface area (Å²) in [5.41, 5.74) is -0.0635. The highest BCUT2D eigenvalue weighted by atomic mass is 16.5. The van der Waals surface area contributed by atoms with Gasteiger partial charge in [-0.1, -0.05) is 6.92 Å². The predicted molar refractivity (Wildman–Crippen MR) is 78.0 cm³/mol. The van der Waals surface area contributed by atoms with Crippen LogP contribution in [0, 0.1) is 5.92 Å². The van der Waals surface area contributed by atoms with E-state index in [1.165, 1.54) is 38.9 Å². The highest BCUT2D eigenvalue weighted by molar-refractivity contribution is 4.82. The molecule has 0 aliphatic carbocycles. The Balaban J connectivity index is 2.34. The number of nitrogens with zero attached hydrogens (tertiary/aromatic N) is 1. The molecule has 0 spiro atoms. The summed E-state index contributed by atoms with van der Waals surface area (Å²) >= 11 is 0. The van der Waals surface area contributed by atoms with Crippen molar-refractivity contribution in [1.29, 1.82) is 0 Å². The zero-order valence-electron chi connectivity index (χ0n) is 13.0. The SMILES string of the molecule is CCCN1CCCC(C(C)NCC(C)(C)OC)C1. The van der Waals surface area contributed by atoms with Gasteiger partial charge in [0.05, 0.1) is 5.60 Å². The van der Waals surface area contributed by atoms with Crippen LogP contribution in [-0.2, 0) is 4.74 Å². The van der Waals surface area contributed by atoms with E-state index in [0.717, 1.165) is 12.5 Å². The van der Waals surface area contributed by atoms with E-state index in [4.69, 9.17) is 4.74 Å². The van der Waals surface area contributed by atoms with E-state index in [9.17, 15) is 0 Å². The lowest BCUT2D eigenvalue weighted by atomic mass is 9.91. The maximum absolute atomic E-state index is 5.46. The molecule has 1 aliphatic rings. The second kappa shape index (κ2) is 7.46. The number of rotatable bonds is 7. The summed E-state index contributed by atoms with van der Waals surface area (Å²) in [6.45, 7) is 13.6. The topological polar surface area (TPSA) is 24.5 Å². The maximum atomic E-state index is 5.46. The van der Waals surface area contributed by atoms with Crippen LogP contribution < -0.4 is 5.32 Å². The molecule has 0 radical (unpaired) electrons. The zero-order valence-corrected chi connectivity index (χ0v) is 13.0. The van der Waals surface area contributed by atoms with Crippen molar-refractivity contribution < 1.29 is 4.74 Å². The molecule has 1 rings (SSSR count). The Morgan fingerprint density at radius 2 is 2.17 bits per heavy atom. The third kappa shape index (κ3) is 5.25. The van der Waals surface area contributed by atoms with E-state index < -0.39 is 0 Å². The summed E-state index contributed by atoms with van der Waals surface area (Å²) in [6, 6.07) is 0.582. The van der Waals surface area contributed by atoms with Crippen molar-refractivity contribution in [2.24, 2.45) is 5.92 Å². The minimum atomic E-state index is -0.0635. The summed E-state index contributed by atoms with van der Waals surface area (Å²) in [5.74, 6) is 0.790. The first-order valence-electron chi connectivity index (χ1n) is 7.49. The Morgan fingerprint density at radius 3 is 2.78 bits per heavy atom. The average molecular weight is 256 g/mol. The third-order valence-electron chi connectivity index (χ3n) is 4.19. The van der Waals surface area contributed by atoms with Crippen LogP contribution in [0.3, 0.4) is 0 Å². The van der Waals surface area contributed by atoms with E-state index in [1.807, 2.05) is 0 Å². The van der Waals surface area contributed by atoms with Gasteiger partial charge in [-0.3, -0.25) is 0 Å². The van der Waals surface area contributed by atoms with Crippen LogP contribution in [0.5, 0.6) is 0 Å². The van der Waals surface area contributed by atoms with Gasteiger partial charge in [0.15, 0.2) is 0 Å². The fourth-order valence-corrected chi connectivity index (χ4v) is 2.66. The second-order valence-corrected chi connectivity index (χ2v) is 6.34. The number of nitrogens with one attached hydrogen (secondary N) is 1. The van der Waals surface area contributed by atoms with Gasteiger partial charge >= 0.3 is 0 Å². The quantitative estimate of drug-likeness (QED) is 0.757. The first kappa shape index (κ1) is 15.9. The molecule has 2 unspecified atom stereocenters. The molecule has 1 N–H and O–H groups in total. The van der Waals surface area contributed by atoms with E-state index in [2.05, 4.69) is 37.9 Å². The number of likely N-dealkylation sites (tertiary alicyclic amines) is 1. The monoisotopic (exact) mass is 256 g/mol. The van der Waals surface area contributed by atoms with Crippen LogP contribution in [-0.4, -0.2) is 49.8 Å². The van der Waals surface area contributed by atoms with Crippen molar-refractivity contribution in [3.63, 3.8) is 0 Å². The van der Waals surface area contributed by atoms with Crippen LogP contribution >= 0.6 is 0 Å². The smallest absolute Gasteiger partial charge is 0.0746 e. The molecular formula is C15H32N2O. The van der Waals surface area contributed by atoms with E-state index >= 15 is 0 Å². The summed E-state index contributed by atoms with van der Waals surface area (Å²) in [7, 11) is 1.79. The minimum absolute atomic E-state index is 0.0635. The lowest BCUT2D eigenvalue weighted by Crippen LogP contribution is -2.48. The van der Waals surface area contributed by atoms with Gasteiger partial charge in [0.2, 0.25) is 0 Å². The Labute approximate surface area is 113 Å². The van der Waals surface area contributed by atoms with Crippen LogP contribution in [0.1, 0.15) is 47.0 Å². The lowest BCUT2D eigenvalue weighted by Gasteiger charge is -2.37. The standard InChI is InChI=1S/C15H32N2O/c1-6-9-17-10-7-8-14(11-17)13(2)16-12-15(3,4)18-5/h13-14,16H,6-12H2,1-5H3. The van der Waals surface area contributed by atoms with E-state index in [1.54, 1.807) is 7.11 Å². The molecule has 3 nitrogen and oxygen atoms in total. The van der Waals surface area contributed by atoms with Crippen LogP contribution in [0.4, 0.5) is 0 Å². The molecule has 1 aliphatic heterocycles. The van der Waals surface area contributed by atoms with Crippen LogP contribution in [0.25, 0.3) is 0 Å². The van der Waals surface area contributed by atoms with Gasteiger partial charge in [-0.05, 0) is 59.0 Å². The molecule has 108 valence electrons. The molecule has 1 fully saturated rings. The molecule has 0 bridgehead atoms. The van der Waals surface area contributed by atoms with Gasteiger partial charge in [-0.25, -0.2) is 0 Å². The second-order valence-electron chi connectivity index (χ2n) is 6.34. The van der Waals surface area contributed by atoms with Crippen molar-refractivity contribution in [2.45, 2.75) is 58.6 Å². The van der Waals surface area contributed by atoms with Crippen LogP contribution in [0.2, 0.25) is 0 Å². The number of methoxy groups -OCH3 is 1. The van der Waals surface area contributed by atoms with Gasteiger partial charge in [0.25, 0.3) is 0 Å². The van der Waals surface area contributed by atoms with Gasteiger partial charge in [0.1, 0.15) is 0 Å². The maximum Gasteiger partial charge on any atom is 0.0746 e. The lowest BCUT2D eigenvalue weighted by molar-refractivity contribution is 0.0182. The van der Waals surface area contributed by atoms with Crippen molar-refractivity contribution in [2.75, 3.05) is 33.3 Å². The molecule has 0 saturated carbocycles. The van der Waals surface area contributed by atoms with E-state index in [0.29, 0.717) is 6.04 Å². The molecule has 0 amide bonds. The Morgan fingerprint density at radius 1 is 1.44 bits per heavy atom. The molecule has 3 heteroatoms. The predicted octanol–water partition coefficient (Wildman–Crippen LogP) is 2.51. The largest absolute Gasteiger partial charge is 0.377 e. The first-order valence-corrected chi connectivity index (χ1v) is 7.49. The summed E-state index contributed by atoms with van der Waals surface area (Å²) in [5, 5.41) is 3.65. The van der Waals surface area contributed by atoms with Crippen molar-refractivity contribution in [3.05, 3.63) is 0 Å². The minimum Gasteiger partial charge on any atom is -0.377 e. The summed E-state index contributed by atoms with van der Waals surface area (Å²) in [4.78, 5) is 2.62. The Kier molecular flexibility index (Phi) is 6.61. The number of ether oxygens (including phenoxy) is 1. The highest BCUT2D eigenvalue weighted by Gasteiger charge is 2.25. The van der Waals surface area contributed by atoms with Gasteiger partial charge in [-0.15, -0.1) is 0 Å². The average Bonchev–Trinajstić information content (AvgIpc) is 2.37. The molecule has 18 heavy (non-hydrogen) atoms. The van der Waals surface area contributed by atoms with Crippen molar-refractivity contribution in [1.82, 2.24) is 10.2 Å². The number of hydrogen-bond acceptors (Lipinski definition) is 3. The molecule has 1 saturated heterocycles. The molecule has 0 aromatic heterocycles. The number of hydrogen-bond donors (Lipinski definition) is 1. The molecule has 0 aromatic carbocycles. The summed E-state index contributed by atoms with van der Waals surface area (Å²) < 4.78 is 5.46. The molecular weight excluding hydrogens is 224 g/mol. The van der Waals surface area contributed by atoms with Gasteiger partial charge in [-0.2, -0.15) is 0 Å². The van der Waals surface area contributed by atoms with Crippen molar-refractivity contribution in [3.8, 4) is 0 Å². The third-order valence-corrected chi connectivity index (χ3v) is 4.19. The fraction of sp³-hybridized carbons (Fsp3) is 1.00. The molecule has 2 atom stereocenters. The fourth-order valence-electron chi connectivity index (χ4n) is 2.66. The molecule has 0 aromatic rings.